The molecule has 32 heavy (non-hydrogen) atoms. The number of amides is 2. The van der Waals surface area contributed by atoms with Crippen LogP contribution in [0.1, 0.15) is 46.1 Å². The molecule has 2 aromatic heterocycles. The number of anilines is 2. The van der Waals surface area contributed by atoms with Crippen LogP contribution in [0.4, 0.5) is 11.5 Å². The van der Waals surface area contributed by atoms with Crippen LogP contribution in [0.5, 0.6) is 0 Å². The van der Waals surface area contributed by atoms with E-state index >= 15 is 0 Å². The lowest BCUT2D eigenvalue weighted by atomic mass is 10.1. The molecule has 1 aliphatic heterocycles. The summed E-state index contributed by atoms with van der Waals surface area (Å²) >= 11 is 0. The topological polar surface area (TPSA) is 106 Å². The van der Waals surface area contributed by atoms with Gasteiger partial charge in [-0.3, -0.25) is 14.3 Å². The van der Waals surface area contributed by atoms with Crippen LogP contribution in [0, 0.1) is 11.8 Å². The smallest absolute Gasteiger partial charge is 0.254 e. The predicted molar refractivity (Wildman–Crippen MR) is 119 cm³/mol. The van der Waals surface area contributed by atoms with Gasteiger partial charge in [-0.25, -0.2) is 4.98 Å². The fourth-order valence-electron chi connectivity index (χ4n) is 4.92. The number of nitrogens with one attached hydrogen (secondary N) is 1. The van der Waals surface area contributed by atoms with E-state index in [4.69, 9.17) is 5.73 Å². The minimum absolute atomic E-state index is 0.0548. The Morgan fingerprint density at radius 3 is 2.81 bits per heavy atom. The Balaban J connectivity index is 1.09. The molecule has 1 saturated heterocycles. The second-order valence-electron chi connectivity index (χ2n) is 8.98. The largest absolute Gasteiger partial charge is 0.384 e. The molecule has 8 heteroatoms. The molecule has 1 saturated carbocycles. The first kappa shape index (κ1) is 19.0. The van der Waals surface area contributed by atoms with Gasteiger partial charge in [-0.15, -0.1) is 0 Å². The van der Waals surface area contributed by atoms with E-state index in [2.05, 4.69) is 15.4 Å². The molecule has 162 valence electrons. The highest BCUT2D eigenvalue weighted by Gasteiger charge is 2.52. The summed E-state index contributed by atoms with van der Waals surface area (Å²) in [6, 6.07) is 11.7. The summed E-state index contributed by atoms with van der Waals surface area (Å²) in [6.45, 7) is 1.40. The zero-order chi connectivity index (χ0) is 21.8. The van der Waals surface area contributed by atoms with Gasteiger partial charge in [0, 0.05) is 30.0 Å². The Morgan fingerprint density at radius 1 is 1.19 bits per heavy atom. The lowest BCUT2D eigenvalue weighted by Crippen LogP contribution is -2.27. The summed E-state index contributed by atoms with van der Waals surface area (Å²) in [7, 11) is 0. The molecule has 3 heterocycles. The van der Waals surface area contributed by atoms with Crippen LogP contribution in [-0.4, -0.2) is 33.1 Å². The van der Waals surface area contributed by atoms with Gasteiger partial charge in [-0.2, -0.15) is 5.10 Å². The molecule has 2 fully saturated rings. The molecule has 2 amide bonds. The highest BCUT2D eigenvalue weighted by Crippen LogP contribution is 2.47. The van der Waals surface area contributed by atoms with Gasteiger partial charge in [0.1, 0.15) is 5.82 Å². The van der Waals surface area contributed by atoms with Crippen LogP contribution >= 0.6 is 0 Å². The van der Waals surface area contributed by atoms with Crippen LogP contribution in [0.3, 0.4) is 0 Å². The Labute approximate surface area is 185 Å². The van der Waals surface area contributed by atoms with Crippen molar-refractivity contribution in [3.05, 3.63) is 71.2 Å². The number of nitrogens with two attached hydrogens (primary N) is 1. The number of rotatable bonds is 5. The molecule has 3 atom stereocenters. The van der Waals surface area contributed by atoms with E-state index in [1.54, 1.807) is 23.1 Å². The zero-order valence-corrected chi connectivity index (χ0v) is 17.6. The van der Waals surface area contributed by atoms with E-state index in [1.807, 2.05) is 35.2 Å². The van der Waals surface area contributed by atoms with Crippen molar-refractivity contribution in [2.75, 3.05) is 17.2 Å². The summed E-state index contributed by atoms with van der Waals surface area (Å²) in [5.74, 6) is 1.44. The van der Waals surface area contributed by atoms with Crippen molar-refractivity contribution in [2.45, 2.75) is 31.8 Å². The number of nitrogen functional groups attached to an aromatic ring is 1. The van der Waals surface area contributed by atoms with Crippen LogP contribution in [0.2, 0.25) is 0 Å². The maximum absolute atomic E-state index is 12.7. The van der Waals surface area contributed by atoms with E-state index in [0.29, 0.717) is 23.8 Å². The van der Waals surface area contributed by atoms with Crippen molar-refractivity contribution in [2.24, 2.45) is 11.8 Å². The van der Waals surface area contributed by atoms with E-state index in [0.717, 1.165) is 48.3 Å². The van der Waals surface area contributed by atoms with E-state index in [9.17, 15) is 9.59 Å². The van der Waals surface area contributed by atoms with E-state index in [-0.39, 0.29) is 23.8 Å². The predicted octanol–water partition coefficient (Wildman–Crippen LogP) is 2.31. The van der Waals surface area contributed by atoms with Crippen molar-refractivity contribution in [1.82, 2.24) is 20.1 Å². The molecule has 1 aromatic carbocycles. The number of carbonyl (C=O) groups excluding carboxylic acids is 2. The standard InChI is InChI=1S/C24H24N6O2/c25-22-8-5-18-20(27-22)6-7-21(18)28-23(31)16-10-26-29(12-16)11-14-1-3-17(4-2-14)30-13-15-9-19(15)24(30)32/h1-5,8,10,12,15,19,21H,6-7,9,11,13H2,(H2,25,27)(H,28,31)/t15?,19-,21+/m0/s1. The fourth-order valence-corrected chi connectivity index (χ4v) is 4.92. The van der Waals surface area contributed by atoms with Gasteiger partial charge in [0.25, 0.3) is 5.91 Å². The molecule has 2 aliphatic carbocycles. The van der Waals surface area contributed by atoms with Crippen molar-refractivity contribution >= 4 is 23.3 Å². The first-order valence-electron chi connectivity index (χ1n) is 11.0. The summed E-state index contributed by atoms with van der Waals surface area (Å²) in [4.78, 5) is 31.3. The van der Waals surface area contributed by atoms with Gasteiger partial charge >= 0.3 is 0 Å². The van der Waals surface area contributed by atoms with Gasteiger partial charge in [-0.1, -0.05) is 18.2 Å². The maximum Gasteiger partial charge on any atom is 0.254 e. The van der Waals surface area contributed by atoms with Gasteiger partial charge in [0.05, 0.1) is 24.3 Å². The average Bonchev–Trinajstić information content (AvgIpc) is 3.06. The molecule has 1 unspecified atom stereocenters. The minimum atomic E-state index is -0.146. The first-order chi connectivity index (χ1) is 15.5. The van der Waals surface area contributed by atoms with Crippen molar-refractivity contribution in [1.29, 1.82) is 0 Å². The Kier molecular flexibility index (Phi) is 4.28. The molecular weight excluding hydrogens is 404 g/mol. The average molecular weight is 428 g/mol. The number of benzene rings is 1. The van der Waals surface area contributed by atoms with Crippen molar-refractivity contribution in [3.63, 3.8) is 0 Å². The van der Waals surface area contributed by atoms with Gasteiger partial charge in [-0.05, 0) is 54.5 Å². The summed E-state index contributed by atoms with van der Waals surface area (Å²) in [6.07, 6.45) is 6.04. The molecule has 3 N–H and O–H groups in total. The molecule has 0 spiro atoms. The molecule has 8 nitrogen and oxygen atoms in total. The first-order valence-corrected chi connectivity index (χ1v) is 11.0. The van der Waals surface area contributed by atoms with Crippen LogP contribution in [-0.2, 0) is 17.8 Å². The molecule has 0 bridgehead atoms. The third-order valence-electron chi connectivity index (χ3n) is 6.79. The SMILES string of the molecule is Nc1ccc2c(n1)CC[C@H]2NC(=O)c1cnn(Cc2ccc(N3CC4C[C@@H]4C3=O)cc2)c1. The van der Waals surface area contributed by atoms with Crippen molar-refractivity contribution < 1.29 is 9.59 Å². The molecule has 0 radical (unpaired) electrons. The number of nitrogens with zero attached hydrogens (tertiary/aromatic N) is 4. The number of fused-ring (bicyclic) bond motifs is 2. The number of carbonyl (C=O) groups is 2. The van der Waals surface area contributed by atoms with Crippen LogP contribution in [0.25, 0.3) is 0 Å². The minimum Gasteiger partial charge on any atom is -0.384 e. The van der Waals surface area contributed by atoms with Crippen LogP contribution < -0.4 is 16.0 Å². The third-order valence-corrected chi connectivity index (χ3v) is 6.79. The monoisotopic (exact) mass is 428 g/mol. The second kappa shape index (κ2) is 7.19. The van der Waals surface area contributed by atoms with E-state index in [1.165, 1.54) is 0 Å². The lowest BCUT2D eigenvalue weighted by molar-refractivity contribution is -0.118. The highest BCUT2D eigenvalue weighted by molar-refractivity contribution is 5.99. The van der Waals surface area contributed by atoms with Crippen molar-refractivity contribution in [3.8, 4) is 0 Å². The van der Waals surface area contributed by atoms with E-state index < -0.39 is 0 Å². The summed E-state index contributed by atoms with van der Waals surface area (Å²) in [5.41, 5.74) is 10.3. The van der Waals surface area contributed by atoms with Gasteiger partial charge < -0.3 is 16.0 Å². The maximum atomic E-state index is 12.7. The number of aryl methyl sites for hydroxylation is 1. The Bertz CT molecular complexity index is 1220. The number of piperidine rings is 1. The number of hydrogen-bond acceptors (Lipinski definition) is 5. The second-order valence-corrected chi connectivity index (χ2v) is 8.98. The zero-order valence-electron chi connectivity index (χ0n) is 17.6. The molecule has 3 aromatic rings. The van der Waals surface area contributed by atoms with Gasteiger partial charge in [0.15, 0.2) is 0 Å². The normalized spacial score (nSPS) is 23.2. The Hall–Kier alpha value is -3.68. The third kappa shape index (κ3) is 3.32. The molecular formula is C24H24N6O2. The number of pyridine rings is 1. The fraction of sp³-hybridized carbons (Fsp3) is 0.333. The summed E-state index contributed by atoms with van der Waals surface area (Å²) < 4.78 is 1.75. The number of hydrogen-bond donors (Lipinski definition) is 2. The molecule has 6 rings (SSSR count). The quantitative estimate of drug-likeness (QED) is 0.649. The van der Waals surface area contributed by atoms with Crippen LogP contribution in [0.15, 0.2) is 48.8 Å². The molecule has 3 aliphatic rings. The highest BCUT2D eigenvalue weighted by atomic mass is 16.2. The van der Waals surface area contributed by atoms with Gasteiger partial charge in [0.2, 0.25) is 5.91 Å². The summed E-state index contributed by atoms with van der Waals surface area (Å²) in [5, 5.41) is 7.44. The Morgan fingerprint density at radius 2 is 2.03 bits per heavy atom. The lowest BCUT2D eigenvalue weighted by Gasteiger charge is -2.18. The number of aromatic nitrogens is 3.